The lowest BCUT2D eigenvalue weighted by Crippen LogP contribution is -2.40. The molecule has 2 N–H and O–H groups in total. The van der Waals surface area contributed by atoms with Crippen molar-refractivity contribution in [1.82, 2.24) is 5.32 Å². The maximum atomic E-state index is 12.8. The van der Waals surface area contributed by atoms with Crippen molar-refractivity contribution >= 4 is 24.0 Å². The van der Waals surface area contributed by atoms with Crippen LogP contribution in [0.15, 0.2) is 103 Å². The highest BCUT2D eigenvalue weighted by atomic mass is 32.2. The Morgan fingerprint density at radius 2 is 1.35 bits per heavy atom. The molecular weight excluding hydrogens is 651 g/mol. The number of hydrogen-bond donors (Lipinski definition) is 2. The zero-order valence-electron chi connectivity index (χ0n) is 28.0. The summed E-state index contributed by atoms with van der Waals surface area (Å²) in [6.07, 6.45) is 1.36. The molecule has 0 aliphatic rings. The van der Waals surface area contributed by atoms with E-state index in [2.05, 4.69) is 47.7 Å². The minimum Gasteiger partial charge on any atom is -0.487 e. The summed E-state index contributed by atoms with van der Waals surface area (Å²) in [5.41, 5.74) is 4.13. The van der Waals surface area contributed by atoms with Crippen LogP contribution in [0.5, 0.6) is 11.5 Å². The first-order valence-corrected chi connectivity index (χ1v) is 20.7. The van der Waals surface area contributed by atoms with Gasteiger partial charge in [0.1, 0.15) is 18.1 Å². The van der Waals surface area contributed by atoms with Crippen LogP contribution in [-0.4, -0.2) is 36.1 Å². The molecule has 48 heavy (non-hydrogen) atoms. The molecule has 0 fully saturated rings. The first kappa shape index (κ1) is 37.1. The van der Waals surface area contributed by atoms with Gasteiger partial charge in [-0.25, -0.2) is 8.42 Å². The Hall–Kier alpha value is -3.77. The minimum atomic E-state index is -3.62. The first-order chi connectivity index (χ1) is 23.0. The Bertz CT molecular complexity index is 1650. The summed E-state index contributed by atoms with van der Waals surface area (Å²) in [6, 6.07) is 34.6. The molecule has 0 aliphatic heterocycles. The number of alkyl halides is 2. The van der Waals surface area contributed by atoms with Crippen LogP contribution in [0.2, 0.25) is 18.1 Å². The molecule has 0 aliphatic carbocycles. The van der Waals surface area contributed by atoms with Crippen molar-refractivity contribution in [2.45, 2.75) is 70.7 Å². The van der Waals surface area contributed by atoms with Crippen molar-refractivity contribution in [3.63, 3.8) is 0 Å². The number of halogens is 2. The summed E-state index contributed by atoms with van der Waals surface area (Å²) in [6.45, 7) is 4.31. The number of benzene rings is 4. The molecule has 0 saturated carbocycles. The molecule has 11 heteroatoms. The molecule has 7 nitrogen and oxygen atoms in total. The van der Waals surface area contributed by atoms with E-state index in [0.29, 0.717) is 24.4 Å². The van der Waals surface area contributed by atoms with Gasteiger partial charge < -0.3 is 19.2 Å². The van der Waals surface area contributed by atoms with Gasteiger partial charge in [-0.15, -0.1) is 0 Å². The number of rotatable bonds is 19. The Morgan fingerprint density at radius 3 is 1.92 bits per heavy atom. The van der Waals surface area contributed by atoms with Crippen molar-refractivity contribution < 1.29 is 31.1 Å². The van der Waals surface area contributed by atoms with Crippen molar-refractivity contribution in [2.75, 3.05) is 17.5 Å². The summed E-state index contributed by atoms with van der Waals surface area (Å²) in [5.74, 6) is 0.510. The third-order valence-corrected chi connectivity index (χ3v) is 13.8. The van der Waals surface area contributed by atoms with E-state index >= 15 is 0 Å². The van der Waals surface area contributed by atoms with Gasteiger partial charge in [0, 0.05) is 12.6 Å². The maximum absolute atomic E-state index is 12.8. The van der Waals surface area contributed by atoms with E-state index in [1.807, 2.05) is 54.6 Å². The summed E-state index contributed by atoms with van der Waals surface area (Å²) < 4.78 is 71.0. The van der Waals surface area contributed by atoms with E-state index in [9.17, 15) is 17.2 Å². The molecule has 0 radical (unpaired) electrons. The third kappa shape index (κ3) is 11.2. The molecule has 0 heterocycles. The maximum Gasteiger partial charge on any atom is 0.387 e. The monoisotopic (exact) mass is 696 g/mol. The predicted molar refractivity (Wildman–Crippen MR) is 191 cm³/mol. The van der Waals surface area contributed by atoms with Crippen LogP contribution in [0.4, 0.5) is 14.5 Å². The lowest BCUT2D eigenvalue weighted by Gasteiger charge is -2.35. The molecule has 0 saturated heterocycles. The van der Waals surface area contributed by atoms with Gasteiger partial charge >= 0.3 is 6.61 Å². The highest BCUT2D eigenvalue weighted by molar-refractivity contribution is 7.92. The van der Waals surface area contributed by atoms with E-state index in [1.54, 1.807) is 36.4 Å². The molecule has 0 bridgehead atoms. The van der Waals surface area contributed by atoms with Crippen LogP contribution >= 0.6 is 0 Å². The summed E-state index contributed by atoms with van der Waals surface area (Å²) >= 11 is 0. The fourth-order valence-corrected chi connectivity index (χ4v) is 9.09. The molecule has 0 spiro atoms. The molecule has 4 rings (SSSR count). The summed E-state index contributed by atoms with van der Waals surface area (Å²) in [5, 5.41) is 3.71. The van der Waals surface area contributed by atoms with Gasteiger partial charge in [-0.1, -0.05) is 99.6 Å². The average Bonchev–Trinajstić information content (AvgIpc) is 3.08. The van der Waals surface area contributed by atoms with E-state index < -0.39 is 31.1 Å². The number of nitrogens with one attached hydrogen (secondary N) is 2. The Kier molecular flexibility index (Phi) is 13.6. The lowest BCUT2D eigenvalue weighted by molar-refractivity contribution is -0.0498. The SMILES string of the molecule is CC[Si](CC)(CC)OC(CNC(Cc1ccccc1)c1ccc(OC(F)F)cc1)c1ccc(OCc2ccccc2)c(NS(C)(=O)=O)c1. The largest absolute Gasteiger partial charge is 0.487 e. The molecular formula is C37H46F2N2O5SSi. The zero-order valence-corrected chi connectivity index (χ0v) is 29.8. The van der Waals surface area contributed by atoms with Gasteiger partial charge in [0.05, 0.1) is 18.0 Å². The predicted octanol–water partition coefficient (Wildman–Crippen LogP) is 8.88. The quantitative estimate of drug-likeness (QED) is 0.0953. The second kappa shape index (κ2) is 17.6. The summed E-state index contributed by atoms with van der Waals surface area (Å²) in [7, 11) is -5.76. The van der Waals surface area contributed by atoms with E-state index in [0.717, 1.165) is 46.6 Å². The second-order valence-corrected chi connectivity index (χ2v) is 18.3. The van der Waals surface area contributed by atoms with Crippen LogP contribution in [0.1, 0.15) is 55.2 Å². The van der Waals surface area contributed by atoms with E-state index in [1.165, 1.54) is 0 Å². The van der Waals surface area contributed by atoms with E-state index in [-0.39, 0.29) is 18.4 Å². The molecule has 4 aromatic rings. The van der Waals surface area contributed by atoms with Gasteiger partial charge in [-0.2, -0.15) is 8.78 Å². The molecule has 0 amide bonds. The number of hydrogen-bond acceptors (Lipinski definition) is 6. The number of anilines is 1. The normalized spacial score (nSPS) is 13.2. The standard InChI is InChI=1S/C37H46F2N2O5SSi/c1-5-48(6-2,7-3)46-36(31-20-23-35(34(25-31)41-47(4,42)43)44-27-29-16-12-9-13-17-29)26-40-33(24-28-14-10-8-11-15-28)30-18-21-32(22-19-30)45-37(38)39/h8-23,25,33,36-37,40-41H,5-7,24,26-27H2,1-4H3. The van der Waals surface area contributed by atoms with Crippen molar-refractivity contribution in [3.05, 3.63) is 125 Å². The molecule has 4 aromatic carbocycles. The zero-order chi connectivity index (χ0) is 34.6. The summed E-state index contributed by atoms with van der Waals surface area (Å²) in [4.78, 5) is 0. The number of ether oxygens (including phenoxy) is 2. The van der Waals surface area contributed by atoms with Gasteiger partial charge in [0.15, 0.2) is 8.32 Å². The smallest absolute Gasteiger partial charge is 0.387 e. The lowest BCUT2D eigenvalue weighted by atomic mass is 9.98. The van der Waals surface area contributed by atoms with E-state index in [4.69, 9.17) is 9.16 Å². The van der Waals surface area contributed by atoms with Crippen LogP contribution < -0.4 is 19.5 Å². The van der Waals surface area contributed by atoms with Gasteiger partial charge in [0.25, 0.3) is 0 Å². The second-order valence-electron chi connectivity index (χ2n) is 11.9. The minimum absolute atomic E-state index is 0.0959. The van der Waals surface area contributed by atoms with Gasteiger partial charge in [-0.3, -0.25) is 4.72 Å². The molecule has 2 atom stereocenters. The highest BCUT2D eigenvalue weighted by Gasteiger charge is 2.33. The average molecular weight is 697 g/mol. The van der Waals surface area contributed by atoms with Crippen LogP contribution in [-0.2, 0) is 27.5 Å². The van der Waals surface area contributed by atoms with Crippen molar-refractivity contribution in [3.8, 4) is 11.5 Å². The number of sulfonamides is 1. The van der Waals surface area contributed by atoms with Gasteiger partial charge in [-0.05, 0) is 71.1 Å². The topological polar surface area (TPSA) is 85.9 Å². The van der Waals surface area contributed by atoms with Crippen LogP contribution in [0, 0.1) is 0 Å². The van der Waals surface area contributed by atoms with Crippen molar-refractivity contribution in [2.24, 2.45) is 0 Å². The molecule has 0 aromatic heterocycles. The van der Waals surface area contributed by atoms with Crippen molar-refractivity contribution in [1.29, 1.82) is 0 Å². The first-order valence-electron chi connectivity index (χ1n) is 16.3. The Morgan fingerprint density at radius 1 is 0.771 bits per heavy atom. The van der Waals surface area contributed by atoms with Gasteiger partial charge in [0.2, 0.25) is 10.0 Å². The molecule has 2 unspecified atom stereocenters. The van der Waals surface area contributed by atoms with Crippen LogP contribution in [0.25, 0.3) is 0 Å². The fourth-order valence-electron chi connectivity index (χ4n) is 5.71. The Labute approximate surface area is 284 Å². The highest BCUT2D eigenvalue weighted by Crippen LogP contribution is 2.35. The third-order valence-electron chi connectivity index (χ3n) is 8.57. The molecule has 258 valence electrons. The fraction of sp³-hybridized carbons (Fsp3) is 0.351. The Balaban J connectivity index is 1.68. The van der Waals surface area contributed by atoms with Crippen LogP contribution in [0.3, 0.4) is 0 Å².